The smallest absolute Gasteiger partial charge is 0.134 e. The van der Waals surface area contributed by atoms with E-state index in [2.05, 4.69) is 17.1 Å². The van der Waals surface area contributed by atoms with Crippen molar-refractivity contribution < 1.29 is 4.42 Å². The van der Waals surface area contributed by atoms with Crippen LogP contribution in [0.4, 0.5) is 0 Å². The van der Waals surface area contributed by atoms with Gasteiger partial charge in [-0.1, -0.05) is 18.5 Å². The van der Waals surface area contributed by atoms with Crippen LogP contribution in [0.1, 0.15) is 25.5 Å². The van der Waals surface area contributed by atoms with E-state index in [1.807, 2.05) is 36.4 Å². The van der Waals surface area contributed by atoms with Crippen molar-refractivity contribution in [1.29, 1.82) is 0 Å². The fourth-order valence-corrected chi connectivity index (χ4v) is 3.27. The van der Waals surface area contributed by atoms with Crippen LogP contribution >= 0.6 is 11.6 Å². The SMILES string of the molecule is CCN1CCC[C@H]1CNCc1ccc(-c2ccc(Cl)cc2)o1. The molecule has 118 valence electrons. The molecule has 1 saturated heterocycles. The van der Waals surface area contributed by atoms with Crippen molar-refractivity contribution in [2.45, 2.75) is 32.4 Å². The fourth-order valence-electron chi connectivity index (χ4n) is 3.15. The van der Waals surface area contributed by atoms with Crippen molar-refractivity contribution in [1.82, 2.24) is 10.2 Å². The molecule has 1 atom stereocenters. The molecule has 2 aromatic rings. The summed E-state index contributed by atoms with van der Waals surface area (Å²) in [5, 5.41) is 4.27. The van der Waals surface area contributed by atoms with Gasteiger partial charge in [-0.15, -0.1) is 0 Å². The molecule has 1 aromatic heterocycles. The van der Waals surface area contributed by atoms with Crippen molar-refractivity contribution in [3.63, 3.8) is 0 Å². The van der Waals surface area contributed by atoms with Gasteiger partial charge in [-0.2, -0.15) is 0 Å². The van der Waals surface area contributed by atoms with Crippen LogP contribution in [0.15, 0.2) is 40.8 Å². The van der Waals surface area contributed by atoms with Gasteiger partial charge in [-0.25, -0.2) is 0 Å². The highest BCUT2D eigenvalue weighted by atomic mass is 35.5. The summed E-state index contributed by atoms with van der Waals surface area (Å²) in [6.07, 6.45) is 2.62. The minimum Gasteiger partial charge on any atom is -0.460 e. The van der Waals surface area contributed by atoms with Crippen LogP contribution in [0.2, 0.25) is 5.02 Å². The van der Waals surface area contributed by atoms with E-state index >= 15 is 0 Å². The van der Waals surface area contributed by atoms with Gasteiger partial charge in [-0.05, 0) is 62.3 Å². The highest BCUT2D eigenvalue weighted by Crippen LogP contribution is 2.24. The zero-order valence-corrected chi connectivity index (χ0v) is 13.8. The summed E-state index contributed by atoms with van der Waals surface area (Å²) in [6, 6.07) is 12.5. The molecule has 3 nitrogen and oxygen atoms in total. The maximum atomic E-state index is 5.91. The number of likely N-dealkylation sites (N-methyl/N-ethyl adjacent to an activating group) is 1. The first-order chi connectivity index (χ1) is 10.8. The van der Waals surface area contributed by atoms with Crippen LogP contribution in [0, 0.1) is 0 Å². The van der Waals surface area contributed by atoms with Gasteiger partial charge in [0.25, 0.3) is 0 Å². The van der Waals surface area contributed by atoms with Crippen LogP contribution in [-0.4, -0.2) is 30.6 Å². The standard InChI is InChI=1S/C18H23ClN2O/c1-2-21-11-3-4-16(21)12-20-13-17-9-10-18(22-17)14-5-7-15(19)8-6-14/h5-10,16,20H,2-4,11-13H2,1H3/t16-/m0/s1. The Kier molecular flexibility index (Phi) is 5.19. The predicted molar refractivity (Wildman–Crippen MR) is 91.1 cm³/mol. The maximum absolute atomic E-state index is 5.91. The fraction of sp³-hybridized carbons (Fsp3) is 0.444. The molecule has 0 spiro atoms. The van der Waals surface area contributed by atoms with Gasteiger partial charge in [-0.3, -0.25) is 4.90 Å². The Morgan fingerprint density at radius 3 is 2.82 bits per heavy atom. The Balaban J connectivity index is 1.52. The Morgan fingerprint density at radius 1 is 1.23 bits per heavy atom. The molecule has 0 unspecified atom stereocenters. The molecule has 3 rings (SSSR count). The summed E-state index contributed by atoms with van der Waals surface area (Å²) in [4.78, 5) is 2.55. The molecular formula is C18H23ClN2O. The number of likely N-dealkylation sites (tertiary alicyclic amines) is 1. The Morgan fingerprint density at radius 2 is 2.05 bits per heavy atom. The molecule has 0 amide bonds. The highest BCUT2D eigenvalue weighted by molar-refractivity contribution is 6.30. The molecule has 1 fully saturated rings. The van der Waals surface area contributed by atoms with Crippen LogP contribution in [0.25, 0.3) is 11.3 Å². The van der Waals surface area contributed by atoms with Gasteiger partial charge in [0.15, 0.2) is 0 Å². The second-order valence-electron chi connectivity index (χ2n) is 5.83. The van der Waals surface area contributed by atoms with E-state index in [0.717, 1.165) is 41.7 Å². The normalized spacial score (nSPS) is 18.9. The Hall–Kier alpha value is -1.29. The predicted octanol–water partition coefficient (Wildman–Crippen LogP) is 4.17. The van der Waals surface area contributed by atoms with Gasteiger partial charge in [0.05, 0.1) is 6.54 Å². The van der Waals surface area contributed by atoms with Crippen molar-refractivity contribution in [3.8, 4) is 11.3 Å². The van der Waals surface area contributed by atoms with E-state index in [0.29, 0.717) is 6.04 Å². The van der Waals surface area contributed by atoms with Crippen molar-refractivity contribution in [3.05, 3.63) is 47.2 Å². The average Bonchev–Trinajstić information content (AvgIpc) is 3.17. The molecule has 0 radical (unpaired) electrons. The number of hydrogen-bond acceptors (Lipinski definition) is 3. The monoisotopic (exact) mass is 318 g/mol. The van der Waals surface area contributed by atoms with Crippen LogP contribution < -0.4 is 5.32 Å². The van der Waals surface area contributed by atoms with Crippen molar-refractivity contribution in [2.24, 2.45) is 0 Å². The second kappa shape index (κ2) is 7.32. The van der Waals surface area contributed by atoms with Gasteiger partial charge in [0.2, 0.25) is 0 Å². The topological polar surface area (TPSA) is 28.4 Å². The number of furan rings is 1. The molecule has 1 aliphatic rings. The van der Waals surface area contributed by atoms with E-state index in [4.69, 9.17) is 16.0 Å². The average molecular weight is 319 g/mol. The molecule has 1 N–H and O–H groups in total. The number of nitrogens with zero attached hydrogens (tertiary/aromatic N) is 1. The third kappa shape index (κ3) is 3.72. The Labute approximate surface area is 137 Å². The highest BCUT2D eigenvalue weighted by Gasteiger charge is 2.22. The summed E-state index contributed by atoms with van der Waals surface area (Å²) in [6.45, 7) is 6.44. The van der Waals surface area contributed by atoms with Crippen LogP contribution in [0.5, 0.6) is 0 Å². The van der Waals surface area contributed by atoms with Crippen LogP contribution in [-0.2, 0) is 6.54 Å². The molecule has 0 aliphatic carbocycles. The number of nitrogens with one attached hydrogen (secondary N) is 1. The first kappa shape index (κ1) is 15.6. The Bertz CT molecular complexity index is 593. The summed E-state index contributed by atoms with van der Waals surface area (Å²) < 4.78 is 5.91. The van der Waals surface area contributed by atoms with Gasteiger partial charge in [0.1, 0.15) is 11.5 Å². The lowest BCUT2D eigenvalue weighted by atomic mass is 10.2. The zero-order chi connectivity index (χ0) is 15.4. The first-order valence-corrected chi connectivity index (χ1v) is 8.43. The summed E-state index contributed by atoms with van der Waals surface area (Å²) >= 11 is 5.91. The first-order valence-electron chi connectivity index (χ1n) is 8.05. The van der Waals surface area contributed by atoms with Crippen molar-refractivity contribution in [2.75, 3.05) is 19.6 Å². The lowest BCUT2D eigenvalue weighted by Gasteiger charge is -2.22. The van der Waals surface area contributed by atoms with E-state index in [1.165, 1.54) is 19.4 Å². The molecule has 0 bridgehead atoms. The molecule has 4 heteroatoms. The minimum absolute atomic E-state index is 0.677. The lowest BCUT2D eigenvalue weighted by molar-refractivity contribution is 0.258. The lowest BCUT2D eigenvalue weighted by Crippen LogP contribution is -2.37. The summed E-state index contributed by atoms with van der Waals surface area (Å²) in [5.41, 5.74) is 1.06. The molecule has 1 aliphatic heterocycles. The summed E-state index contributed by atoms with van der Waals surface area (Å²) in [5.74, 6) is 1.87. The molecule has 2 heterocycles. The van der Waals surface area contributed by atoms with Gasteiger partial charge in [0, 0.05) is 23.2 Å². The van der Waals surface area contributed by atoms with E-state index < -0.39 is 0 Å². The second-order valence-corrected chi connectivity index (χ2v) is 6.26. The zero-order valence-electron chi connectivity index (χ0n) is 13.0. The third-order valence-corrected chi connectivity index (χ3v) is 4.63. The number of halogens is 1. The number of benzene rings is 1. The number of hydrogen-bond donors (Lipinski definition) is 1. The molecule has 1 aromatic carbocycles. The van der Waals surface area contributed by atoms with Crippen molar-refractivity contribution >= 4 is 11.6 Å². The molecular weight excluding hydrogens is 296 g/mol. The largest absolute Gasteiger partial charge is 0.460 e. The van der Waals surface area contributed by atoms with Gasteiger partial charge >= 0.3 is 0 Å². The molecule has 0 saturated carbocycles. The number of rotatable bonds is 6. The van der Waals surface area contributed by atoms with E-state index in [1.54, 1.807) is 0 Å². The van der Waals surface area contributed by atoms with Crippen LogP contribution in [0.3, 0.4) is 0 Å². The van der Waals surface area contributed by atoms with E-state index in [-0.39, 0.29) is 0 Å². The third-order valence-electron chi connectivity index (χ3n) is 4.37. The summed E-state index contributed by atoms with van der Waals surface area (Å²) in [7, 11) is 0. The maximum Gasteiger partial charge on any atom is 0.134 e. The van der Waals surface area contributed by atoms with E-state index in [9.17, 15) is 0 Å². The molecule has 22 heavy (non-hydrogen) atoms. The van der Waals surface area contributed by atoms with Gasteiger partial charge < -0.3 is 9.73 Å². The quantitative estimate of drug-likeness (QED) is 0.866. The minimum atomic E-state index is 0.677.